The monoisotopic (exact) mass is 663 g/mol. The second-order valence-corrected chi connectivity index (χ2v) is 14.0. The van der Waals surface area contributed by atoms with E-state index in [2.05, 4.69) is 6.92 Å². The number of aromatic hydroxyl groups is 1. The molecular weight excluding hydrogens is 627 g/mol. The fourth-order valence-corrected chi connectivity index (χ4v) is 8.19. The third-order valence-electron chi connectivity index (χ3n) is 8.23. The van der Waals surface area contributed by atoms with Crippen LogP contribution in [0.15, 0.2) is 72.8 Å². The lowest BCUT2D eigenvalue weighted by molar-refractivity contribution is -0.117. The number of hydrogen-bond donors (Lipinski definition) is 1. The van der Waals surface area contributed by atoms with Crippen LogP contribution in [-0.4, -0.2) is 50.3 Å². The number of halogens is 4. The van der Waals surface area contributed by atoms with Crippen LogP contribution in [0.3, 0.4) is 0 Å². The first-order chi connectivity index (χ1) is 21.5. The van der Waals surface area contributed by atoms with Crippen molar-refractivity contribution >= 4 is 38.5 Å². The summed E-state index contributed by atoms with van der Waals surface area (Å²) in [5, 5.41) is 8.88. The molecule has 1 fully saturated rings. The highest BCUT2D eigenvalue weighted by molar-refractivity contribution is 7.93. The molecule has 242 valence electrons. The second kappa shape index (κ2) is 14.1. The van der Waals surface area contributed by atoms with Gasteiger partial charge in [-0.2, -0.15) is 13.2 Å². The van der Waals surface area contributed by atoms with Crippen molar-refractivity contribution in [3.8, 4) is 11.5 Å². The molecular formula is C34H37ClF3NO5S. The van der Waals surface area contributed by atoms with Crippen molar-refractivity contribution < 1.29 is 36.2 Å². The van der Waals surface area contributed by atoms with Crippen molar-refractivity contribution in [2.45, 2.75) is 75.5 Å². The zero-order valence-electron chi connectivity index (χ0n) is 25.0. The number of ether oxygens (including phenoxy) is 2. The van der Waals surface area contributed by atoms with Crippen molar-refractivity contribution in [1.82, 2.24) is 0 Å². The van der Waals surface area contributed by atoms with Gasteiger partial charge in [0, 0.05) is 5.02 Å². The predicted octanol–water partition coefficient (Wildman–Crippen LogP) is 8.63. The lowest BCUT2D eigenvalue weighted by Crippen LogP contribution is -2.47. The molecule has 0 amide bonds. The molecule has 0 radical (unpaired) electrons. The molecule has 2 bridgehead atoms. The number of sulfonamides is 1. The van der Waals surface area contributed by atoms with Crippen molar-refractivity contribution in [1.29, 1.82) is 0 Å². The number of hydrogen-bond acceptors (Lipinski definition) is 5. The van der Waals surface area contributed by atoms with E-state index >= 15 is 0 Å². The summed E-state index contributed by atoms with van der Waals surface area (Å²) in [6.45, 7) is 1.09. The predicted molar refractivity (Wildman–Crippen MR) is 171 cm³/mol. The van der Waals surface area contributed by atoms with E-state index in [1.807, 2.05) is 24.3 Å². The van der Waals surface area contributed by atoms with E-state index in [-0.39, 0.29) is 22.9 Å². The highest BCUT2D eigenvalue weighted by Gasteiger charge is 2.55. The van der Waals surface area contributed by atoms with Crippen LogP contribution < -0.4 is 9.04 Å². The minimum Gasteiger partial charge on any atom is -0.508 e. The Morgan fingerprint density at radius 3 is 2.13 bits per heavy atom. The highest BCUT2D eigenvalue weighted by atomic mass is 35.5. The summed E-state index contributed by atoms with van der Waals surface area (Å²) in [6.07, 6.45) is 0.381. The molecule has 0 spiro atoms. The Bertz CT molecular complexity index is 1580. The Labute approximate surface area is 267 Å². The molecule has 6 nitrogen and oxygen atoms in total. The number of rotatable bonds is 14. The Hall–Kier alpha value is -3.21. The van der Waals surface area contributed by atoms with Crippen molar-refractivity contribution in [3.63, 3.8) is 0 Å². The highest BCUT2D eigenvalue weighted by Crippen LogP contribution is 2.51. The fraction of sp³-hybridized carbons (Fsp3) is 0.412. The van der Waals surface area contributed by atoms with E-state index in [9.17, 15) is 26.7 Å². The van der Waals surface area contributed by atoms with Crippen LogP contribution in [0.4, 0.5) is 18.9 Å². The summed E-state index contributed by atoms with van der Waals surface area (Å²) >= 11 is 5.94. The van der Waals surface area contributed by atoms with Crippen molar-refractivity contribution in [2.75, 3.05) is 17.5 Å². The minimum atomic E-state index is -4.79. The van der Waals surface area contributed by atoms with Crippen LogP contribution in [0.1, 0.15) is 63.0 Å². The van der Waals surface area contributed by atoms with Gasteiger partial charge in [-0.15, -0.1) is 0 Å². The first-order valence-corrected chi connectivity index (χ1v) is 17.1. The van der Waals surface area contributed by atoms with Gasteiger partial charge < -0.3 is 14.6 Å². The number of unbranched alkanes of at least 4 members (excludes halogenated alkanes) is 5. The molecule has 2 aliphatic heterocycles. The average molecular weight is 664 g/mol. The van der Waals surface area contributed by atoms with Gasteiger partial charge in [0.15, 0.2) is 0 Å². The molecule has 0 saturated carbocycles. The largest absolute Gasteiger partial charge is 0.508 e. The number of fused-ring (bicyclic) bond motifs is 2. The van der Waals surface area contributed by atoms with Crippen LogP contribution in [-0.2, 0) is 14.8 Å². The zero-order valence-corrected chi connectivity index (χ0v) is 26.5. The Morgan fingerprint density at radius 1 is 0.889 bits per heavy atom. The van der Waals surface area contributed by atoms with E-state index in [1.54, 1.807) is 12.1 Å². The third kappa shape index (κ3) is 7.79. The van der Waals surface area contributed by atoms with Gasteiger partial charge in [-0.05, 0) is 83.6 Å². The van der Waals surface area contributed by atoms with Gasteiger partial charge >= 0.3 is 6.18 Å². The molecule has 3 aromatic rings. The van der Waals surface area contributed by atoms with Crippen LogP contribution in [0.5, 0.6) is 11.5 Å². The lowest BCUT2D eigenvalue weighted by atomic mass is 9.83. The molecule has 45 heavy (non-hydrogen) atoms. The van der Waals surface area contributed by atoms with Crippen LogP contribution in [0, 0.1) is 0 Å². The molecule has 1 N–H and O–H groups in total. The molecule has 11 heteroatoms. The zero-order chi connectivity index (χ0) is 32.2. The molecule has 0 aliphatic carbocycles. The number of benzene rings is 3. The van der Waals surface area contributed by atoms with E-state index < -0.39 is 40.2 Å². The van der Waals surface area contributed by atoms with Crippen molar-refractivity contribution in [2.24, 2.45) is 0 Å². The number of phenols is 1. The average Bonchev–Trinajstić information content (AvgIpc) is 3.60. The maximum Gasteiger partial charge on any atom is 0.407 e. The normalized spacial score (nSPS) is 19.7. The van der Waals surface area contributed by atoms with Crippen LogP contribution in [0.2, 0.25) is 5.02 Å². The fourth-order valence-electron chi connectivity index (χ4n) is 6.07. The molecule has 3 atom stereocenters. The number of phenolic OH excluding ortho intramolecular Hbond substituents is 1. The first-order valence-electron chi connectivity index (χ1n) is 15.2. The van der Waals surface area contributed by atoms with Crippen LogP contribution >= 0.6 is 11.6 Å². The van der Waals surface area contributed by atoms with Gasteiger partial charge in [-0.25, -0.2) is 8.42 Å². The number of alkyl halides is 3. The first kappa shape index (κ1) is 33.2. The van der Waals surface area contributed by atoms with E-state index in [1.165, 1.54) is 62.1 Å². The van der Waals surface area contributed by atoms with Gasteiger partial charge in [-0.1, -0.05) is 74.9 Å². The smallest absolute Gasteiger partial charge is 0.407 e. The van der Waals surface area contributed by atoms with Gasteiger partial charge in [-0.3, -0.25) is 4.31 Å². The SMILES string of the molecule is CCCCCCCCOc1ccc(C2=C(c3ccc(O)cc3)[C@H]3C[C@H](S(=O)(=O)N(CC(F)(F)F)c4ccc(Cl)cc4)[C@@H]2O3)cc1. The number of nitrogens with zero attached hydrogens (tertiary/aromatic N) is 1. The summed E-state index contributed by atoms with van der Waals surface area (Å²) in [7, 11) is -4.57. The number of anilines is 1. The quantitative estimate of drug-likeness (QED) is 0.175. The standard InChI is InChI=1S/C34H37ClF3NO5S/c1-2-3-4-5-6-7-20-43-28-18-10-24(11-19-28)32-31(23-8-16-27(40)17-9-23)29-21-30(33(32)44-29)45(41,42)39(22-34(36,37)38)26-14-12-25(35)13-15-26/h8-19,29-30,33,40H,2-7,20-22H2,1H3/t29-,30+,33+/m1/s1. The summed E-state index contributed by atoms with van der Waals surface area (Å²) in [5.74, 6) is 0.745. The topological polar surface area (TPSA) is 76.1 Å². The van der Waals surface area contributed by atoms with E-state index in [0.717, 1.165) is 24.0 Å². The maximum absolute atomic E-state index is 14.1. The molecule has 2 heterocycles. The van der Waals surface area contributed by atoms with Crippen molar-refractivity contribution in [3.05, 3.63) is 88.9 Å². The maximum atomic E-state index is 14.1. The van der Waals surface area contributed by atoms with Gasteiger partial charge in [0.2, 0.25) is 10.0 Å². The van der Waals surface area contributed by atoms with E-state index in [4.69, 9.17) is 21.1 Å². The minimum absolute atomic E-state index is 0.0197. The summed E-state index contributed by atoms with van der Waals surface area (Å²) in [4.78, 5) is 0. The molecule has 2 aliphatic rings. The Balaban J connectivity index is 1.44. The molecule has 5 rings (SSSR count). The van der Waals surface area contributed by atoms with E-state index in [0.29, 0.717) is 27.8 Å². The Morgan fingerprint density at radius 2 is 1.49 bits per heavy atom. The second-order valence-electron chi connectivity index (χ2n) is 11.5. The molecule has 0 unspecified atom stereocenters. The van der Waals surface area contributed by atoms with Gasteiger partial charge in [0.1, 0.15) is 29.4 Å². The molecule has 0 aromatic heterocycles. The lowest BCUT2D eigenvalue weighted by Gasteiger charge is -2.32. The van der Waals surface area contributed by atoms with Gasteiger partial charge in [0.05, 0.1) is 18.4 Å². The van der Waals surface area contributed by atoms with Gasteiger partial charge in [0.25, 0.3) is 0 Å². The third-order valence-corrected chi connectivity index (χ3v) is 10.6. The summed E-state index contributed by atoms with van der Waals surface area (Å²) < 4.78 is 82.0. The Kier molecular flexibility index (Phi) is 10.4. The molecule has 3 aromatic carbocycles. The molecule has 1 saturated heterocycles. The van der Waals surface area contributed by atoms with Crippen LogP contribution in [0.25, 0.3) is 11.1 Å². The summed E-state index contributed by atoms with van der Waals surface area (Å²) in [5.41, 5.74) is 2.64. The summed E-state index contributed by atoms with van der Waals surface area (Å²) in [6, 6.07) is 19.0.